The summed E-state index contributed by atoms with van der Waals surface area (Å²) in [5.74, 6) is 0. The molecule has 1 nitrogen and oxygen atoms in total. The molecule has 1 heteroatoms. The Morgan fingerprint density at radius 3 is 1.87 bits per heavy atom. The van der Waals surface area contributed by atoms with E-state index in [1.165, 1.54) is 11.1 Å². The second-order valence-electron chi connectivity index (χ2n) is 2.68. The average molecular weight is 205 g/mol. The molecule has 0 fully saturated rings. The van der Waals surface area contributed by atoms with Crippen molar-refractivity contribution >= 4 is 5.71 Å². The summed E-state index contributed by atoms with van der Waals surface area (Å²) in [5, 5.41) is 7.29. The minimum absolute atomic E-state index is 0.628. The van der Waals surface area contributed by atoms with E-state index in [0.717, 1.165) is 6.42 Å². The SMILES string of the molecule is C#C.C/C=C(C)\C(=C/C(C)=N)CC.C=C. The maximum atomic E-state index is 7.29. The molecule has 0 aliphatic heterocycles. The second kappa shape index (κ2) is 14.9. The van der Waals surface area contributed by atoms with Crippen LogP contribution in [0.4, 0.5) is 0 Å². The summed E-state index contributed by atoms with van der Waals surface area (Å²) in [6.07, 6.45) is 13.0. The summed E-state index contributed by atoms with van der Waals surface area (Å²) in [6.45, 7) is 14.0. The van der Waals surface area contributed by atoms with E-state index in [4.69, 9.17) is 5.41 Å². The normalized spacial score (nSPS) is 10.3. The van der Waals surface area contributed by atoms with Crippen LogP contribution in [0.15, 0.2) is 36.5 Å². The predicted octanol–water partition coefficient (Wildman–Crippen LogP) is 4.38. The summed E-state index contributed by atoms with van der Waals surface area (Å²) in [4.78, 5) is 0. The van der Waals surface area contributed by atoms with Crippen molar-refractivity contribution in [2.45, 2.75) is 34.1 Å². The van der Waals surface area contributed by atoms with Gasteiger partial charge >= 0.3 is 0 Å². The lowest BCUT2D eigenvalue weighted by molar-refractivity contribution is 1.10. The molecule has 0 bridgehead atoms. The van der Waals surface area contributed by atoms with Crippen LogP contribution in [0.2, 0.25) is 0 Å². The molecule has 1 N–H and O–H groups in total. The molecule has 0 aromatic heterocycles. The lowest BCUT2D eigenvalue weighted by Crippen LogP contribution is -1.88. The van der Waals surface area contributed by atoms with E-state index in [1.54, 1.807) is 6.92 Å². The molecule has 0 aromatic rings. The zero-order valence-corrected chi connectivity index (χ0v) is 10.4. The molecule has 0 amide bonds. The average Bonchev–Trinajstić information content (AvgIpc) is 2.30. The van der Waals surface area contributed by atoms with Gasteiger partial charge < -0.3 is 5.41 Å². The molecule has 0 rings (SSSR count). The Kier molecular flexibility index (Phi) is 19.0. The Morgan fingerprint density at radius 1 is 1.27 bits per heavy atom. The molecular weight excluding hydrogens is 182 g/mol. The Balaban J connectivity index is -0.000000318. The summed E-state index contributed by atoms with van der Waals surface area (Å²) in [7, 11) is 0. The fourth-order valence-corrected chi connectivity index (χ4v) is 0.941. The van der Waals surface area contributed by atoms with Gasteiger partial charge in [-0.15, -0.1) is 26.0 Å². The van der Waals surface area contributed by atoms with Crippen LogP contribution in [0, 0.1) is 18.3 Å². The van der Waals surface area contributed by atoms with Crippen LogP contribution in [0.5, 0.6) is 0 Å². The van der Waals surface area contributed by atoms with Crippen molar-refractivity contribution in [1.82, 2.24) is 0 Å². The van der Waals surface area contributed by atoms with Crippen LogP contribution in [-0.2, 0) is 0 Å². The summed E-state index contributed by atoms with van der Waals surface area (Å²) in [5.41, 5.74) is 3.17. The van der Waals surface area contributed by atoms with Crippen LogP contribution < -0.4 is 0 Å². The first kappa shape index (κ1) is 19.1. The Hall–Kier alpha value is -1.55. The van der Waals surface area contributed by atoms with E-state index < -0.39 is 0 Å². The molecule has 15 heavy (non-hydrogen) atoms. The molecule has 0 saturated heterocycles. The van der Waals surface area contributed by atoms with Crippen LogP contribution in [0.1, 0.15) is 34.1 Å². The smallest absolute Gasteiger partial charge is 0.0285 e. The Labute approximate surface area is 95.1 Å². The standard InChI is InChI=1S/C10H17N.C2H4.C2H2/c1-5-8(3)10(6-2)7-9(4)11;2*1-2/h5,7,11H,6H2,1-4H3;1-2H2;1-2H/b8-5-,10-7-,11-9?;;. The maximum Gasteiger partial charge on any atom is 0.0285 e. The Morgan fingerprint density at radius 2 is 1.67 bits per heavy atom. The van der Waals surface area contributed by atoms with Gasteiger partial charge in [-0.05, 0) is 38.8 Å². The molecule has 0 radical (unpaired) electrons. The van der Waals surface area contributed by atoms with Crippen LogP contribution in [0.3, 0.4) is 0 Å². The minimum atomic E-state index is 0.628. The highest BCUT2D eigenvalue weighted by Gasteiger charge is 1.95. The number of allylic oxidation sites excluding steroid dienone is 4. The number of nitrogens with one attached hydrogen (secondary N) is 1. The highest BCUT2D eigenvalue weighted by molar-refractivity contribution is 5.91. The maximum absolute atomic E-state index is 7.29. The highest BCUT2D eigenvalue weighted by atomic mass is 14.4. The van der Waals surface area contributed by atoms with Gasteiger partial charge in [0.1, 0.15) is 0 Å². The summed E-state index contributed by atoms with van der Waals surface area (Å²) >= 11 is 0. The summed E-state index contributed by atoms with van der Waals surface area (Å²) in [6, 6.07) is 0. The number of hydrogen-bond acceptors (Lipinski definition) is 1. The van der Waals surface area contributed by atoms with E-state index >= 15 is 0 Å². The molecule has 0 spiro atoms. The van der Waals surface area contributed by atoms with E-state index in [0.29, 0.717) is 5.71 Å². The zero-order chi connectivity index (χ0) is 12.9. The molecule has 0 heterocycles. The number of hydrogen-bond donors (Lipinski definition) is 1. The van der Waals surface area contributed by atoms with Crippen molar-refractivity contribution in [2.24, 2.45) is 0 Å². The monoisotopic (exact) mass is 205 g/mol. The first-order chi connectivity index (χ1) is 7.11. The van der Waals surface area contributed by atoms with Crippen molar-refractivity contribution in [3.8, 4) is 12.8 Å². The largest absolute Gasteiger partial charge is 0.306 e. The quantitative estimate of drug-likeness (QED) is 0.306. The van der Waals surface area contributed by atoms with Crippen molar-refractivity contribution in [3.05, 3.63) is 36.5 Å². The molecule has 0 aliphatic carbocycles. The molecule has 0 unspecified atom stereocenters. The van der Waals surface area contributed by atoms with Crippen LogP contribution >= 0.6 is 0 Å². The number of rotatable bonds is 3. The van der Waals surface area contributed by atoms with Gasteiger partial charge in [-0.25, -0.2) is 0 Å². The topological polar surface area (TPSA) is 23.9 Å². The lowest BCUT2D eigenvalue weighted by atomic mass is 10.0. The third-order valence-corrected chi connectivity index (χ3v) is 1.71. The second-order valence-corrected chi connectivity index (χ2v) is 2.68. The van der Waals surface area contributed by atoms with Gasteiger partial charge in [-0.3, -0.25) is 0 Å². The van der Waals surface area contributed by atoms with Gasteiger partial charge in [-0.1, -0.05) is 18.6 Å². The van der Waals surface area contributed by atoms with Crippen molar-refractivity contribution in [1.29, 1.82) is 5.41 Å². The molecule has 0 saturated carbocycles. The van der Waals surface area contributed by atoms with Gasteiger partial charge in [-0.2, -0.15) is 0 Å². The first-order valence-corrected chi connectivity index (χ1v) is 4.84. The lowest BCUT2D eigenvalue weighted by Gasteiger charge is -2.02. The van der Waals surface area contributed by atoms with Crippen LogP contribution in [-0.4, -0.2) is 5.71 Å². The fourth-order valence-electron chi connectivity index (χ4n) is 0.941. The molecular formula is C14H23N. The highest BCUT2D eigenvalue weighted by Crippen LogP contribution is 2.12. The first-order valence-electron chi connectivity index (χ1n) is 4.84. The zero-order valence-electron chi connectivity index (χ0n) is 10.4. The Bertz CT molecular complexity index is 241. The van der Waals surface area contributed by atoms with Crippen molar-refractivity contribution in [3.63, 3.8) is 0 Å². The fraction of sp³-hybridized carbons (Fsp3) is 0.357. The molecule has 0 aromatic carbocycles. The number of terminal acetylenes is 1. The predicted molar refractivity (Wildman–Crippen MR) is 72.3 cm³/mol. The molecule has 0 aliphatic rings. The van der Waals surface area contributed by atoms with E-state index in [-0.39, 0.29) is 0 Å². The van der Waals surface area contributed by atoms with Crippen molar-refractivity contribution in [2.75, 3.05) is 0 Å². The summed E-state index contributed by atoms with van der Waals surface area (Å²) < 4.78 is 0. The third kappa shape index (κ3) is 12.4. The molecule has 0 atom stereocenters. The minimum Gasteiger partial charge on any atom is -0.306 e. The van der Waals surface area contributed by atoms with Gasteiger partial charge in [0.05, 0.1) is 0 Å². The molecule has 84 valence electrons. The van der Waals surface area contributed by atoms with E-state index in [2.05, 4.69) is 45.9 Å². The van der Waals surface area contributed by atoms with Gasteiger partial charge in [0.15, 0.2) is 0 Å². The van der Waals surface area contributed by atoms with Gasteiger partial charge in [0, 0.05) is 5.71 Å². The van der Waals surface area contributed by atoms with Crippen LogP contribution in [0.25, 0.3) is 0 Å². The van der Waals surface area contributed by atoms with Gasteiger partial charge in [0.2, 0.25) is 0 Å². The van der Waals surface area contributed by atoms with Crippen molar-refractivity contribution < 1.29 is 0 Å². The van der Waals surface area contributed by atoms with E-state index in [9.17, 15) is 0 Å². The third-order valence-electron chi connectivity index (χ3n) is 1.71. The van der Waals surface area contributed by atoms with Gasteiger partial charge in [0.25, 0.3) is 0 Å². The van der Waals surface area contributed by atoms with E-state index in [1.807, 2.05) is 13.0 Å².